The molecule has 11 fully saturated rings. The van der Waals surface area contributed by atoms with Crippen molar-refractivity contribution in [3.05, 3.63) is 0 Å². The van der Waals surface area contributed by atoms with E-state index >= 15 is 0 Å². The SMILES string of the molecule is CC(=O)NC1C(OC2[C@@H](OCC3O[C@@H](O[C@@H]4C(CO)O[C@@H](O[C@@H]5C(CO)O[C@@H](C)C(NC(C)=O)[C@H]5O)C(NC(C)=O)[C@H]4O)C(O)[C@@H](O[C@H]4OC(CO)[C@@H](O)C(O)C4O[C@@H]4OC(CO)[C@@H](O[C@@H]5OC(CO)[C@H](O)[C@H](O[C@]6(OC=O)C[C@@H](O)[C@@H](C)C(C(O)[C@H](O)CO)O6)C5O)[C@H](O)C4NC(C)=O)[C@@H]3O)OC(CO)[C@@H](O)[C@@H]2O)O[C@@H](CO)[C@@H](O[C@@H]2OC(CO)[C@H](O)[C@H](O[C@]3(OC=O)C[C@@H](O)[C@@H](C)C(C(O)[C@H](O)CO)O3)C2O)C1O. The number of carbonyl (C=O) groups excluding carboxylic acids is 6. The molecule has 0 bridgehead atoms. The van der Waals surface area contributed by atoms with E-state index in [1.54, 1.807) is 0 Å². The summed E-state index contributed by atoms with van der Waals surface area (Å²) in [5, 5.41) is 351. The van der Waals surface area contributed by atoms with Gasteiger partial charge in [-0.25, -0.2) is 0 Å². The maximum absolute atomic E-state index is 13.4. The maximum atomic E-state index is 13.4. The molecular formula is C83H138N4O59. The third-order valence-corrected chi connectivity index (χ3v) is 27.3. The second kappa shape index (κ2) is 52.8. The van der Waals surface area contributed by atoms with Crippen molar-refractivity contribution in [3.8, 4) is 0 Å². The Bertz CT molecular complexity index is 4070. The molecule has 11 rings (SSSR count). The van der Waals surface area contributed by atoms with Gasteiger partial charge >= 0.3 is 11.9 Å². The topological polar surface area (TPSA) is 970 Å². The van der Waals surface area contributed by atoms with Gasteiger partial charge in [-0.3, -0.25) is 28.8 Å². The lowest BCUT2D eigenvalue weighted by Crippen LogP contribution is -2.71. The number of aliphatic hydroxyl groups is 30. The highest BCUT2D eigenvalue weighted by molar-refractivity contribution is 5.74. The van der Waals surface area contributed by atoms with Crippen molar-refractivity contribution in [1.82, 2.24) is 21.3 Å². The van der Waals surface area contributed by atoms with E-state index in [9.17, 15) is 182 Å². The van der Waals surface area contributed by atoms with Gasteiger partial charge in [0, 0.05) is 39.5 Å². The van der Waals surface area contributed by atoms with E-state index in [4.69, 9.17) is 109 Å². The van der Waals surface area contributed by atoms with Gasteiger partial charge in [0.2, 0.25) is 23.6 Å². The summed E-state index contributed by atoms with van der Waals surface area (Å²) in [6.45, 7) is -5.61. The van der Waals surface area contributed by atoms with Crippen LogP contribution in [0, 0.1) is 11.8 Å². The van der Waals surface area contributed by atoms with Crippen molar-refractivity contribution < 1.29 is 291 Å². The summed E-state index contributed by atoms with van der Waals surface area (Å²) in [6, 6.07) is -7.43. The third kappa shape index (κ3) is 26.8. The van der Waals surface area contributed by atoms with Crippen LogP contribution in [0.3, 0.4) is 0 Å². The van der Waals surface area contributed by atoms with Crippen LogP contribution >= 0.6 is 0 Å². The summed E-state index contributed by atoms with van der Waals surface area (Å²) < 4.78 is 137. The van der Waals surface area contributed by atoms with Crippen LogP contribution in [0.25, 0.3) is 0 Å². The zero-order chi connectivity index (χ0) is 108. The summed E-state index contributed by atoms with van der Waals surface area (Å²) in [6.07, 6.45) is -107. The first kappa shape index (κ1) is 121. The first-order chi connectivity index (χ1) is 69.1. The van der Waals surface area contributed by atoms with Crippen LogP contribution in [0.2, 0.25) is 0 Å². The Kier molecular flexibility index (Phi) is 43.8. The number of amides is 4. The van der Waals surface area contributed by atoms with E-state index in [-0.39, 0.29) is 12.9 Å². The fourth-order valence-corrected chi connectivity index (χ4v) is 19.3. The Morgan fingerprint density at radius 2 is 0.575 bits per heavy atom. The molecule has 63 nitrogen and oxygen atoms in total. The molecule has 24 unspecified atom stereocenters. The second-order valence-corrected chi connectivity index (χ2v) is 37.4. The van der Waals surface area contributed by atoms with Gasteiger partial charge in [-0.2, -0.15) is 0 Å². The van der Waals surface area contributed by atoms with Gasteiger partial charge in [-0.05, 0) is 6.92 Å². The largest absolute Gasteiger partial charge is 0.410 e. The molecule has 0 aromatic carbocycles. The Labute approximate surface area is 828 Å². The van der Waals surface area contributed by atoms with Gasteiger partial charge in [-0.15, -0.1) is 0 Å². The molecule has 0 aliphatic carbocycles. The Balaban J connectivity index is 0.906. The number of nitrogens with one attached hydrogen (secondary N) is 4. The zero-order valence-electron chi connectivity index (χ0n) is 79.4. The first-order valence-electron chi connectivity index (χ1n) is 46.9. The quantitative estimate of drug-likeness (QED) is 0.0199. The molecule has 34 N–H and O–H groups in total. The highest BCUT2D eigenvalue weighted by Gasteiger charge is 2.65. The van der Waals surface area contributed by atoms with E-state index < -0.39 is 458 Å². The second-order valence-electron chi connectivity index (χ2n) is 37.4. The van der Waals surface area contributed by atoms with Gasteiger partial charge in [0.25, 0.3) is 12.9 Å². The van der Waals surface area contributed by atoms with Gasteiger partial charge in [0.05, 0.1) is 122 Å². The number of hydrogen-bond acceptors (Lipinski definition) is 59. The number of ether oxygens (including phenoxy) is 23. The number of hydrogen-bond donors (Lipinski definition) is 34. The molecule has 4 amide bonds. The zero-order valence-corrected chi connectivity index (χ0v) is 79.4. The molecule has 11 heterocycles. The number of carbonyl (C=O) groups is 6. The Hall–Kier alpha value is -5.22. The molecular weight excluding hydrogens is 2000 g/mol. The van der Waals surface area contributed by atoms with Gasteiger partial charge in [0.15, 0.2) is 50.3 Å². The standard InChI is InChI=1S/C83H138N4O59/c1-23-30(104)8-82(125-21-98,143-63(23)47(108)32(106)10-88)145-70-51(112)36(14-92)128-78(61(70)122)138-67-40(18-96)133-75(45(56(67)117)86-28(6)102)141-72-58(119)49(110)34(12-90)130-80(72)124-20-42-53(114)69(60(121)77(135-42)137-66-39(17-95)132-74(44(55(66)116)85-27(5)101)136-65-38(16-94)127-25(3)43(54(65)115)84-26(4)100)140-81-73(59(120)50(111)35(13-91)131-81)142-76-46(87-29(7)103)57(118)68(41(19-97)134-76)139-79-62(123)71(52(113)37(15-93)129-79)146-83(126-22-99)9-31(105)24(2)64(144-83)48(109)33(107)11-89/h21-25,30-81,88-97,104-123H,8-20H2,1-7H3,(H,84,100)(H,85,101)(H,86,102)(H,87,103)/t23-,24-,25+,30-,31-,32-,33-,34?,35?,36?,37?,38?,39?,40+,41?,42?,43?,44?,45?,46?,47?,48?,49-,50-,51+,52+,53-,54-,55-,56?,57-,58+,59?,60?,61?,62?,63?,64?,65-,66-,67-,68-,69+,70+,71+,72?,73?,74+,75?,76+,77+,78+,79+,80+,81-,82+,83+/m1/s1. The Morgan fingerprint density at radius 1 is 0.308 bits per heavy atom. The predicted molar refractivity (Wildman–Crippen MR) is 452 cm³/mol. The predicted octanol–water partition coefficient (Wildman–Crippen LogP) is -22.3. The molecule has 11 saturated heterocycles. The third-order valence-electron chi connectivity index (χ3n) is 27.3. The molecule has 0 saturated carbocycles. The Morgan fingerprint density at radius 3 is 0.911 bits per heavy atom. The highest BCUT2D eigenvalue weighted by atomic mass is 16.9. The van der Waals surface area contributed by atoms with Crippen LogP contribution in [-0.4, -0.2) is 599 Å². The molecule has 0 radical (unpaired) electrons. The van der Waals surface area contributed by atoms with Gasteiger partial charge in [-0.1, -0.05) is 13.8 Å². The highest BCUT2D eigenvalue weighted by Crippen LogP contribution is 2.46. The average Bonchev–Trinajstić information content (AvgIpc) is 0.761. The van der Waals surface area contributed by atoms with Crippen molar-refractivity contribution in [2.45, 2.75) is 398 Å². The van der Waals surface area contributed by atoms with Gasteiger partial charge in [0.1, 0.15) is 238 Å². The minimum atomic E-state index is -2.92. The molecule has 0 aromatic heterocycles. The lowest BCUT2D eigenvalue weighted by atomic mass is 9.86. The summed E-state index contributed by atoms with van der Waals surface area (Å²) in [5.41, 5.74) is 0. The maximum Gasteiger partial charge on any atom is 0.332 e. The van der Waals surface area contributed by atoms with E-state index in [1.165, 1.54) is 20.8 Å². The lowest BCUT2D eigenvalue weighted by Gasteiger charge is -2.51. The van der Waals surface area contributed by atoms with Crippen LogP contribution in [0.4, 0.5) is 0 Å². The van der Waals surface area contributed by atoms with Crippen LogP contribution in [-0.2, 0) is 138 Å². The summed E-state index contributed by atoms with van der Waals surface area (Å²) in [5.74, 6) is -11.8. The van der Waals surface area contributed by atoms with Crippen molar-refractivity contribution in [2.75, 3.05) is 72.7 Å². The molecule has 11 aliphatic heterocycles. The van der Waals surface area contributed by atoms with E-state index in [2.05, 4.69) is 21.3 Å². The lowest BCUT2D eigenvalue weighted by molar-refractivity contribution is -0.449. The molecule has 11 aliphatic rings. The van der Waals surface area contributed by atoms with Crippen molar-refractivity contribution in [1.29, 1.82) is 0 Å². The van der Waals surface area contributed by atoms with Crippen LogP contribution < -0.4 is 21.3 Å². The van der Waals surface area contributed by atoms with Crippen LogP contribution in [0.15, 0.2) is 0 Å². The van der Waals surface area contributed by atoms with Crippen LogP contribution in [0.1, 0.15) is 61.3 Å². The van der Waals surface area contributed by atoms with Crippen molar-refractivity contribution >= 4 is 36.6 Å². The first-order valence-corrected chi connectivity index (χ1v) is 46.9. The molecule has 63 heteroatoms. The number of rotatable bonds is 43. The summed E-state index contributed by atoms with van der Waals surface area (Å²) in [4.78, 5) is 76.6. The van der Waals surface area contributed by atoms with Gasteiger partial charge < -0.3 is 283 Å². The fraction of sp³-hybridized carbons (Fsp3) is 0.928. The van der Waals surface area contributed by atoms with E-state index in [1.807, 2.05) is 0 Å². The van der Waals surface area contributed by atoms with Crippen molar-refractivity contribution in [2.24, 2.45) is 11.8 Å². The smallest absolute Gasteiger partial charge is 0.332 e. The summed E-state index contributed by atoms with van der Waals surface area (Å²) in [7, 11) is 0. The monoisotopic (exact) mass is 2130 g/mol. The minimum absolute atomic E-state index is 0.264. The minimum Gasteiger partial charge on any atom is -0.410 e. The van der Waals surface area contributed by atoms with Crippen molar-refractivity contribution in [3.63, 3.8) is 0 Å². The molecule has 146 heavy (non-hydrogen) atoms. The summed E-state index contributed by atoms with van der Waals surface area (Å²) >= 11 is 0. The molecule has 844 valence electrons. The fourth-order valence-electron chi connectivity index (χ4n) is 19.3. The molecule has 0 aromatic rings. The average molecular weight is 2140 g/mol. The molecule has 57 atom stereocenters. The van der Waals surface area contributed by atoms with Crippen LogP contribution in [0.5, 0.6) is 0 Å². The normalized spacial score (nSPS) is 47.5. The van der Waals surface area contributed by atoms with E-state index in [0.29, 0.717) is 0 Å². The molecule has 0 spiro atoms. The number of aliphatic hydroxyl groups excluding tert-OH is 30. The van der Waals surface area contributed by atoms with E-state index in [0.717, 1.165) is 27.7 Å².